The van der Waals surface area contributed by atoms with Crippen LogP contribution >= 0.6 is 11.6 Å². The molecule has 9 heteroatoms. The first kappa shape index (κ1) is 21.7. The molecule has 0 fully saturated rings. The van der Waals surface area contributed by atoms with Crippen LogP contribution < -0.4 is 10.2 Å². The molecule has 0 spiro atoms. The first-order valence-corrected chi connectivity index (χ1v) is 11.9. The Labute approximate surface area is 189 Å². The van der Waals surface area contributed by atoms with Crippen LogP contribution in [0.1, 0.15) is 36.6 Å². The first-order chi connectivity index (χ1) is 15.1. The van der Waals surface area contributed by atoms with Crippen molar-refractivity contribution in [2.24, 2.45) is 0 Å². The van der Waals surface area contributed by atoms with Crippen molar-refractivity contribution >= 4 is 50.5 Å². The molecule has 4 rings (SSSR count). The molecule has 1 N–H and O–H groups in total. The standard InChI is InChI=1S/C23H17ClN2O5S/c1-32(30,31)13-14-6-8-15(9-7-14)21(27)25-16-10-11-20(19(24)12-16)26-22(28)17-4-2-3-5-18(17)23(26)29/h2-12H,13H2,1H3,(H,25,27). The summed E-state index contributed by atoms with van der Waals surface area (Å²) in [7, 11) is -3.17. The van der Waals surface area contributed by atoms with E-state index in [1.165, 1.54) is 24.3 Å². The van der Waals surface area contributed by atoms with E-state index >= 15 is 0 Å². The van der Waals surface area contributed by atoms with Crippen molar-refractivity contribution in [3.63, 3.8) is 0 Å². The number of fused-ring (bicyclic) bond motifs is 1. The van der Waals surface area contributed by atoms with Crippen molar-refractivity contribution in [1.29, 1.82) is 0 Å². The number of halogens is 1. The molecule has 0 aliphatic carbocycles. The molecule has 3 aromatic carbocycles. The molecule has 3 aromatic rings. The van der Waals surface area contributed by atoms with Gasteiger partial charge in [0.1, 0.15) is 0 Å². The van der Waals surface area contributed by atoms with Crippen molar-refractivity contribution in [3.05, 3.63) is 94.0 Å². The summed E-state index contributed by atoms with van der Waals surface area (Å²) in [5.41, 5.74) is 2.14. The van der Waals surface area contributed by atoms with Crippen molar-refractivity contribution in [2.45, 2.75) is 5.75 Å². The number of amides is 3. The van der Waals surface area contributed by atoms with E-state index in [9.17, 15) is 22.8 Å². The van der Waals surface area contributed by atoms with Crippen LogP contribution in [0, 0.1) is 0 Å². The predicted octanol–water partition coefficient (Wildman–Crippen LogP) is 3.94. The summed E-state index contributed by atoms with van der Waals surface area (Å²) in [6, 6.07) is 17.2. The Morgan fingerprint density at radius 3 is 2.06 bits per heavy atom. The van der Waals surface area contributed by atoms with E-state index in [0.717, 1.165) is 11.2 Å². The molecule has 0 saturated carbocycles. The zero-order valence-electron chi connectivity index (χ0n) is 16.8. The van der Waals surface area contributed by atoms with Gasteiger partial charge in [0.2, 0.25) is 0 Å². The second-order valence-corrected chi connectivity index (χ2v) is 9.93. The van der Waals surface area contributed by atoms with E-state index in [0.29, 0.717) is 27.9 Å². The maximum atomic E-state index is 12.7. The quantitative estimate of drug-likeness (QED) is 0.571. The number of nitrogens with zero attached hydrogens (tertiary/aromatic N) is 1. The number of anilines is 2. The van der Waals surface area contributed by atoms with Crippen LogP contribution in [0.4, 0.5) is 11.4 Å². The molecular formula is C23H17ClN2O5S. The molecule has 3 amide bonds. The van der Waals surface area contributed by atoms with Crippen LogP contribution in [-0.2, 0) is 15.6 Å². The van der Waals surface area contributed by atoms with Gasteiger partial charge in [-0.3, -0.25) is 14.4 Å². The lowest BCUT2D eigenvalue weighted by Gasteiger charge is -2.16. The highest BCUT2D eigenvalue weighted by atomic mass is 35.5. The number of sulfone groups is 1. The molecule has 0 bridgehead atoms. The highest BCUT2D eigenvalue weighted by Crippen LogP contribution is 2.34. The fourth-order valence-electron chi connectivity index (χ4n) is 3.43. The van der Waals surface area contributed by atoms with E-state index in [1.54, 1.807) is 42.5 Å². The Bertz CT molecular complexity index is 1330. The maximum Gasteiger partial charge on any atom is 0.266 e. The molecule has 1 aliphatic heterocycles. The van der Waals surface area contributed by atoms with Gasteiger partial charge in [0, 0.05) is 17.5 Å². The van der Waals surface area contributed by atoms with E-state index in [4.69, 9.17) is 11.6 Å². The Morgan fingerprint density at radius 1 is 0.938 bits per heavy atom. The third-order valence-electron chi connectivity index (χ3n) is 4.89. The number of benzene rings is 3. The number of rotatable bonds is 5. The van der Waals surface area contributed by atoms with Gasteiger partial charge >= 0.3 is 0 Å². The number of carbonyl (C=O) groups is 3. The van der Waals surface area contributed by atoms with Gasteiger partial charge in [0.15, 0.2) is 9.84 Å². The Morgan fingerprint density at radius 2 is 1.53 bits per heavy atom. The average molecular weight is 469 g/mol. The van der Waals surface area contributed by atoms with Crippen molar-refractivity contribution in [3.8, 4) is 0 Å². The van der Waals surface area contributed by atoms with Gasteiger partial charge in [-0.25, -0.2) is 13.3 Å². The van der Waals surface area contributed by atoms with Crippen molar-refractivity contribution in [2.75, 3.05) is 16.5 Å². The van der Waals surface area contributed by atoms with Gasteiger partial charge in [-0.2, -0.15) is 0 Å². The highest BCUT2D eigenvalue weighted by molar-refractivity contribution is 7.89. The molecule has 162 valence electrons. The smallest absolute Gasteiger partial charge is 0.266 e. The van der Waals surface area contributed by atoms with Gasteiger partial charge in [0.05, 0.1) is 27.6 Å². The average Bonchev–Trinajstić information content (AvgIpc) is 2.98. The van der Waals surface area contributed by atoms with Crippen molar-refractivity contribution in [1.82, 2.24) is 0 Å². The fourth-order valence-corrected chi connectivity index (χ4v) is 4.50. The lowest BCUT2D eigenvalue weighted by Crippen LogP contribution is -2.29. The van der Waals surface area contributed by atoms with E-state index < -0.39 is 27.6 Å². The lowest BCUT2D eigenvalue weighted by molar-refractivity contribution is 0.0924. The second kappa shape index (κ2) is 8.22. The minimum absolute atomic E-state index is 0.107. The lowest BCUT2D eigenvalue weighted by atomic mass is 10.1. The Hall–Kier alpha value is -3.49. The summed E-state index contributed by atoms with van der Waals surface area (Å²) in [5.74, 6) is -1.44. The normalized spacial score (nSPS) is 13.2. The van der Waals surface area contributed by atoms with Crippen LogP contribution in [0.5, 0.6) is 0 Å². The number of hydrogen-bond donors (Lipinski definition) is 1. The summed E-state index contributed by atoms with van der Waals surface area (Å²) in [4.78, 5) is 38.9. The van der Waals surface area contributed by atoms with Crippen LogP contribution in [-0.4, -0.2) is 32.4 Å². The molecule has 0 atom stereocenters. The second-order valence-electron chi connectivity index (χ2n) is 7.38. The summed E-state index contributed by atoms with van der Waals surface area (Å²) in [5, 5.41) is 2.82. The van der Waals surface area contributed by atoms with Crippen LogP contribution in [0.15, 0.2) is 66.7 Å². The topological polar surface area (TPSA) is 101 Å². The molecule has 0 unspecified atom stereocenters. The molecular weight excluding hydrogens is 452 g/mol. The summed E-state index contributed by atoms with van der Waals surface area (Å²) >= 11 is 6.34. The monoisotopic (exact) mass is 468 g/mol. The third kappa shape index (κ3) is 4.28. The molecule has 32 heavy (non-hydrogen) atoms. The van der Waals surface area contributed by atoms with Gasteiger partial charge in [-0.15, -0.1) is 0 Å². The van der Waals surface area contributed by atoms with Gasteiger partial charge < -0.3 is 5.32 Å². The number of imide groups is 1. The fraction of sp³-hybridized carbons (Fsp3) is 0.0870. The summed E-state index contributed by atoms with van der Waals surface area (Å²) < 4.78 is 22.8. The number of hydrogen-bond acceptors (Lipinski definition) is 5. The molecule has 0 radical (unpaired) electrons. The molecule has 7 nitrogen and oxygen atoms in total. The third-order valence-corrected chi connectivity index (χ3v) is 6.05. The zero-order chi connectivity index (χ0) is 23.0. The van der Waals surface area contributed by atoms with Gasteiger partial charge in [-0.1, -0.05) is 35.9 Å². The largest absolute Gasteiger partial charge is 0.322 e. The van der Waals surface area contributed by atoms with E-state index in [-0.39, 0.29) is 16.5 Å². The van der Waals surface area contributed by atoms with E-state index in [2.05, 4.69) is 5.32 Å². The Balaban J connectivity index is 1.51. The van der Waals surface area contributed by atoms with Gasteiger partial charge in [-0.05, 0) is 48.0 Å². The first-order valence-electron chi connectivity index (χ1n) is 9.49. The van der Waals surface area contributed by atoms with Gasteiger partial charge in [0.25, 0.3) is 17.7 Å². The number of nitrogens with one attached hydrogen (secondary N) is 1. The van der Waals surface area contributed by atoms with Crippen LogP contribution in [0.3, 0.4) is 0 Å². The molecule has 1 heterocycles. The minimum Gasteiger partial charge on any atom is -0.322 e. The van der Waals surface area contributed by atoms with Crippen LogP contribution in [0.25, 0.3) is 0 Å². The minimum atomic E-state index is -3.17. The zero-order valence-corrected chi connectivity index (χ0v) is 18.4. The molecule has 0 aromatic heterocycles. The number of carbonyl (C=O) groups excluding carboxylic acids is 3. The Kier molecular flexibility index (Phi) is 5.58. The maximum absolute atomic E-state index is 12.7. The molecule has 1 aliphatic rings. The summed E-state index contributed by atoms with van der Waals surface area (Å²) in [6.07, 6.45) is 1.14. The summed E-state index contributed by atoms with van der Waals surface area (Å²) in [6.45, 7) is 0. The van der Waals surface area contributed by atoms with Crippen molar-refractivity contribution < 1.29 is 22.8 Å². The van der Waals surface area contributed by atoms with Crippen LogP contribution in [0.2, 0.25) is 5.02 Å². The predicted molar refractivity (Wildman–Crippen MR) is 122 cm³/mol. The van der Waals surface area contributed by atoms with E-state index in [1.807, 2.05) is 0 Å². The SMILES string of the molecule is CS(=O)(=O)Cc1ccc(C(=O)Nc2ccc(N3C(=O)c4ccccc4C3=O)c(Cl)c2)cc1. The molecule has 0 saturated heterocycles. The highest BCUT2D eigenvalue weighted by Gasteiger charge is 2.37.